The summed E-state index contributed by atoms with van der Waals surface area (Å²) in [6.07, 6.45) is 8.00. The third-order valence-electron chi connectivity index (χ3n) is 4.46. The first-order chi connectivity index (χ1) is 10.3. The van der Waals surface area contributed by atoms with E-state index in [1.54, 1.807) is 0 Å². The average Bonchev–Trinajstić information content (AvgIpc) is 2.96. The third kappa shape index (κ3) is 3.05. The minimum Gasteiger partial charge on any atom is -0.490 e. The Labute approximate surface area is 126 Å². The van der Waals surface area contributed by atoms with Gasteiger partial charge < -0.3 is 10.1 Å². The van der Waals surface area contributed by atoms with E-state index in [9.17, 15) is 0 Å². The lowest BCUT2D eigenvalue weighted by Gasteiger charge is -2.30. The summed E-state index contributed by atoms with van der Waals surface area (Å²) in [7, 11) is 0. The number of hydrogen-bond donors (Lipinski definition) is 2. The fraction of sp³-hybridized carbons (Fsp3) is 0.588. The first-order valence-electron chi connectivity index (χ1n) is 8.16. The van der Waals surface area contributed by atoms with E-state index in [4.69, 9.17) is 4.74 Å². The van der Waals surface area contributed by atoms with Gasteiger partial charge in [0.05, 0.1) is 11.7 Å². The Morgan fingerprint density at radius 3 is 3.05 bits per heavy atom. The van der Waals surface area contributed by atoms with Crippen LogP contribution in [-0.2, 0) is 6.42 Å². The van der Waals surface area contributed by atoms with Crippen molar-refractivity contribution in [1.82, 2.24) is 15.5 Å². The molecule has 2 atom stereocenters. The highest BCUT2D eigenvalue weighted by atomic mass is 16.5. The summed E-state index contributed by atoms with van der Waals surface area (Å²) < 4.78 is 6.35. The van der Waals surface area contributed by atoms with E-state index < -0.39 is 0 Å². The quantitative estimate of drug-likeness (QED) is 0.886. The molecule has 1 aliphatic carbocycles. The highest BCUT2D eigenvalue weighted by Crippen LogP contribution is 2.31. The number of ether oxygens (including phenoxy) is 1. The van der Waals surface area contributed by atoms with Crippen molar-refractivity contribution in [2.75, 3.05) is 6.54 Å². The Morgan fingerprint density at radius 1 is 1.33 bits per heavy atom. The van der Waals surface area contributed by atoms with Crippen molar-refractivity contribution in [3.05, 3.63) is 23.9 Å². The van der Waals surface area contributed by atoms with Crippen molar-refractivity contribution in [2.45, 2.75) is 58.1 Å². The van der Waals surface area contributed by atoms with Crippen LogP contribution in [-0.4, -0.2) is 28.9 Å². The number of fused-ring (bicyclic) bond motifs is 1. The molecule has 3 rings (SSSR count). The van der Waals surface area contributed by atoms with Crippen LogP contribution in [0.15, 0.2) is 18.3 Å². The molecule has 1 fully saturated rings. The molecule has 4 heteroatoms. The lowest BCUT2D eigenvalue weighted by molar-refractivity contribution is 0.134. The number of nitrogens with one attached hydrogen (secondary N) is 2. The van der Waals surface area contributed by atoms with Gasteiger partial charge in [0.15, 0.2) is 0 Å². The smallest absolute Gasteiger partial charge is 0.123 e. The highest BCUT2D eigenvalue weighted by Gasteiger charge is 2.23. The van der Waals surface area contributed by atoms with Gasteiger partial charge in [-0.15, -0.1) is 0 Å². The van der Waals surface area contributed by atoms with E-state index in [2.05, 4.69) is 41.5 Å². The molecule has 1 saturated carbocycles. The summed E-state index contributed by atoms with van der Waals surface area (Å²) >= 11 is 0. The van der Waals surface area contributed by atoms with Crippen LogP contribution in [0.1, 0.15) is 45.1 Å². The molecule has 2 N–H and O–H groups in total. The Kier molecular flexibility index (Phi) is 4.44. The van der Waals surface area contributed by atoms with Gasteiger partial charge in [-0.1, -0.05) is 13.8 Å². The maximum absolute atomic E-state index is 6.35. The molecule has 114 valence electrons. The van der Waals surface area contributed by atoms with Gasteiger partial charge in [0, 0.05) is 17.0 Å². The standard InChI is InChI=1S/C17H25N3O/c1-3-14-15-11-19-20-16(15)8-9-17(14)21-13-7-5-6-12(10-13)18-4-2/h8-9,11-13,18H,3-7,10H2,1-2H3,(H,19,20). The van der Waals surface area contributed by atoms with Gasteiger partial charge in [-0.25, -0.2) is 0 Å². The molecule has 0 amide bonds. The molecule has 0 aliphatic heterocycles. The number of hydrogen-bond acceptors (Lipinski definition) is 3. The SMILES string of the molecule is CCNC1CCCC(Oc2ccc3[nH]ncc3c2CC)C1. The van der Waals surface area contributed by atoms with Crippen molar-refractivity contribution in [3.63, 3.8) is 0 Å². The fourth-order valence-electron chi connectivity index (χ4n) is 3.44. The van der Waals surface area contributed by atoms with Crippen molar-refractivity contribution in [1.29, 1.82) is 0 Å². The number of aromatic nitrogens is 2. The van der Waals surface area contributed by atoms with Gasteiger partial charge in [0.2, 0.25) is 0 Å². The summed E-state index contributed by atoms with van der Waals surface area (Å²) in [5, 5.41) is 11.9. The molecule has 0 bridgehead atoms. The molecule has 4 nitrogen and oxygen atoms in total. The zero-order valence-electron chi connectivity index (χ0n) is 13.0. The first kappa shape index (κ1) is 14.4. The van der Waals surface area contributed by atoms with Gasteiger partial charge in [0.25, 0.3) is 0 Å². The number of rotatable bonds is 5. The number of nitrogens with zero attached hydrogens (tertiary/aromatic N) is 1. The molecule has 21 heavy (non-hydrogen) atoms. The van der Waals surface area contributed by atoms with Gasteiger partial charge in [0.1, 0.15) is 11.9 Å². The number of H-pyrrole nitrogens is 1. The van der Waals surface area contributed by atoms with Gasteiger partial charge in [-0.05, 0) is 50.8 Å². The second-order valence-electron chi connectivity index (χ2n) is 5.89. The summed E-state index contributed by atoms with van der Waals surface area (Å²) in [5.41, 5.74) is 2.36. The molecule has 1 aromatic heterocycles. The molecule has 1 heterocycles. The van der Waals surface area contributed by atoms with Crippen molar-refractivity contribution in [3.8, 4) is 5.75 Å². The highest BCUT2D eigenvalue weighted by molar-refractivity contribution is 5.84. The zero-order chi connectivity index (χ0) is 14.7. The van der Waals surface area contributed by atoms with Crippen LogP contribution in [0.4, 0.5) is 0 Å². The number of benzene rings is 1. The molecular weight excluding hydrogens is 262 g/mol. The molecular formula is C17H25N3O. The Balaban J connectivity index is 1.77. The third-order valence-corrected chi connectivity index (χ3v) is 4.46. The monoisotopic (exact) mass is 287 g/mol. The predicted molar refractivity (Wildman–Crippen MR) is 85.8 cm³/mol. The molecule has 2 aromatic rings. The Hall–Kier alpha value is -1.55. The second-order valence-corrected chi connectivity index (χ2v) is 5.89. The maximum Gasteiger partial charge on any atom is 0.123 e. The summed E-state index contributed by atoms with van der Waals surface area (Å²) in [6.45, 7) is 5.39. The van der Waals surface area contributed by atoms with E-state index in [0.717, 1.165) is 37.1 Å². The Morgan fingerprint density at radius 2 is 2.24 bits per heavy atom. The first-order valence-corrected chi connectivity index (χ1v) is 8.16. The zero-order valence-corrected chi connectivity index (χ0v) is 13.0. The van der Waals surface area contributed by atoms with Crippen molar-refractivity contribution >= 4 is 10.9 Å². The maximum atomic E-state index is 6.35. The lowest BCUT2D eigenvalue weighted by Crippen LogP contribution is -2.38. The second kappa shape index (κ2) is 6.48. The van der Waals surface area contributed by atoms with Crippen LogP contribution in [0.3, 0.4) is 0 Å². The van der Waals surface area contributed by atoms with Crippen LogP contribution in [0.5, 0.6) is 5.75 Å². The average molecular weight is 287 g/mol. The normalized spacial score (nSPS) is 22.6. The van der Waals surface area contributed by atoms with E-state index >= 15 is 0 Å². The Bertz CT molecular complexity index is 591. The minimum absolute atomic E-state index is 0.331. The van der Waals surface area contributed by atoms with Crippen LogP contribution < -0.4 is 10.1 Å². The lowest BCUT2D eigenvalue weighted by atomic mass is 9.92. The predicted octanol–water partition coefficient (Wildman–Crippen LogP) is 3.42. The van der Waals surface area contributed by atoms with Crippen LogP contribution in [0, 0.1) is 0 Å². The minimum atomic E-state index is 0.331. The molecule has 0 saturated heterocycles. The van der Waals surface area contributed by atoms with Crippen LogP contribution >= 0.6 is 0 Å². The van der Waals surface area contributed by atoms with E-state index in [-0.39, 0.29) is 0 Å². The molecule has 2 unspecified atom stereocenters. The van der Waals surface area contributed by atoms with Crippen molar-refractivity contribution < 1.29 is 4.74 Å². The van der Waals surface area contributed by atoms with Gasteiger partial charge >= 0.3 is 0 Å². The van der Waals surface area contributed by atoms with E-state index in [1.807, 2.05) is 6.20 Å². The molecule has 1 aromatic carbocycles. The number of aromatic amines is 1. The summed E-state index contributed by atoms with van der Waals surface area (Å²) in [6, 6.07) is 4.77. The van der Waals surface area contributed by atoms with Crippen molar-refractivity contribution in [2.24, 2.45) is 0 Å². The molecule has 1 aliphatic rings. The summed E-state index contributed by atoms with van der Waals surface area (Å²) in [4.78, 5) is 0. The topological polar surface area (TPSA) is 49.9 Å². The van der Waals surface area contributed by atoms with E-state index in [0.29, 0.717) is 12.1 Å². The van der Waals surface area contributed by atoms with Gasteiger partial charge in [-0.2, -0.15) is 5.10 Å². The van der Waals surface area contributed by atoms with E-state index in [1.165, 1.54) is 23.8 Å². The van der Waals surface area contributed by atoms with Crippen LogP contribution in [0.25, 0.3) is 10.9 Å². The van der Waals surface area contributed by atoms with Gasteiger partial charge in [-0.3, -0.25) is 5.10 Å². The molecule has 0 spiro atoms. The fourth-order valence-corrected chi connectivity index (χ4v) is 3.44. The summed E-state index contributed by atoms with van der Waals surface area (Å²) in [5.74, 6) is 1.04. The number of aryl methyl sites for hydroxylation is 1. The molecule has 0 radical (unpaired) electrons. The van der Waals surface area contributed by atoms with Crippen LogP contribution in [0.2, 0.25) is 0 Å². The largest absolute Gasteiger partial charge is 0.490 e.